The van der Waals surface area contributed by atoms with Crippen LogP contribution >= 0.6 is 0 Å². The predicted molar refractivity (Wildman–Crippen MR) is 61.2 cm³/mol. The normalized spacial score (nSPS) is 10.3. The van der Waals surface area contributed by atoms with Crippen LogP contribution in [0.3, 0.4) is 0 Å². The lowest BCUT2D eigenvalue weighted by Crippen LogP contribution is -2.13. The summed E-state index contributed by atoms with van der Waals surface area (Å²) in [6.07, 6.45) is 2.85. The average Bonchev–Trinajstić information content (AvgIpc) is 2.30. The number of amides is 1. The summed E-state index contributed by atoms with van der Waals surface area (Å²) in [6.45, 7) is 1.69. The van der Waals surface area contributed by atoms with Crippen LogP contribution in [-0.2, 0) is 9.53 Å². The molecule has 0 aromatic heterocycles. The van der Waals surface area contributed by atoms with E-state index in [1.807, 2.05) is 0 Å². The van der Waals surface area contributed by atoms with Crippen molar-refractivity contribution in [3.63, 3.8) is 0 Å². The molecule has 0 spiro atoms. The van der Waals surface area contributed by atoms with Crippen molar-refractivity contribution in [3.8, 4) is 0 Å². The van der Waals surface area contributed by atoms with E-state index in [1.54, 1.807) is 13.0 Å². The fourth-order valence-corrected chi connectivity index (χ4v) is 1.23. The lowest BCUT2D eigenvalue weighted by Gasteiger charge is -2.08. The molecule has 0 aliphatic heterocycles. The number of esters is 1. The van der Waals surface area contributed by atoms with Gasteiger partial charge in [0, 0.05) is 0 Å². The van der Waals surface area contributed by atoms with E-state index in [9.17, 15) is 14.0 Å². The molecule has 1 rings (SSSR count). The molecule has 0 radical (unpaired) electrons. The van der Waals surface area contributed by atoms with Crippen molar-refractivity contribution < 1.29 is 18.7 Å². The van der Waals surface area contributed by atoms with Gasteiger partial charge < -0.3 is 10.1 Å². The molecule has 0 aliphatic rings. The van der Waals surface area contributed by atoms with Crippen LogP contribution in [0.15, 0.2) is 30.4 Å². The van der Waals surface area contributed by atoms with Gasteiger partial charge >= 0.3 is 5.97 Å². The maximum atomic E-state index is 13.0. The van der Waals surface area contributed by atoms with E-state index in [-0.39, 0.29) is 11.3 Å². The molecule has 0 saturated carbocycles. The molecule has 1 N–H and O–H groups in total. The average molecular weight is 237 g/mol. The molecular weight excluding hydrogens is 225 g/mol. The standard InChI is InChI=1S/C12H12FNO3/c1-3-4-11(15)14-10-6-5-8(13)7-9(10)12(16)17-2/h3-7H,1-2H3,(H,14,15). The second-order valence-corrected chi connectivity index (χ2v) is 3.17. The summed E-state index contributed by atoms with van der Waals surface area (Å²) in [4.78, 5) is 22.7. The Morgan fingerprint density at radius 2 is 2.12 bits per heavy atom. The Bertz CT molecular complexity index is 469. The van der Waals surface area contributed by atoms with Crippen LogP contribution in [-0.4, -0.2) is 19.0 Å². The fourth-order valence-electron chi connectivity index (χ4n) is 1.23. The number of hydrogen-bond donors (Lipinski definition) is 1. The number of benzene rings is 1. The monoisotopic (exact) mass is 237 g/mol. The minimum atomic E-state index is -0.708. The molecule has 1 aromatic rings. The summed E-state index contributed by atoms with van der Waals surface area (Å²) in [5, 5.41) is 2.46. The van der Waals surface area contributed by atoms with Crippen molar-refractivity contribution in [3.05, 3.63) is 41.7 Å². The molecule has 1 amide bonds. The Balaban J connectivity index is 3.06. The first-order valence-electron chi connectivity index (χ1n) is 4.90. The van der Waals surface area contributed by atoms with Crippen molar-refractivity contribution in [1.82, 2.24) is 0 Å². The quantitative estimate of drug-likeness (QED) is 0.647. The Morgan fingerprint density at radius 3 is 2.71 bits per heavy atom. The fraction of sp³-hybridized carbons (Fsp3) is 0.167. The summed E-state index contributed by atoms with van der Waals surface area (Å²) in [5.74, 6) is -1.68. The molecule has 0 unspecified atom stereocenters. The van der Waals surface area contributed by atoms with E-state index in [0.717, 1.165) is 12.1 Å². The van der Waals surface area contributed by atoms with Crippen LogP contribution < -0.4 is 5.32 Å². The van der Waals surface area contributed by atoms with Gasteiger partial charge in [0.2, 0.25) is 5.91 Å². The Morgan fingerprint density at radius 1 is 1.41 bits per heavy atom. The predicted octanol–water partition coefficient (Wildman–Crippen LogP) is 2.13. The van der Waals surface area contributed by atoms with Gasteiger partial charge in [0.1, 0.15) is 5.82 Å². The Labute approximate surface area is 98.1 Å². The first-order valence-corrected chi connectivity index (χ1v) is 4.90. The van der Waals surface area contributed by atoms with Crippen LogP contribution in [0.4, 0.5) is 10.1 Å². The van der Waals surface area contributed by atoms with Gasteiger partial charge in [0.05, 0.1) is 18.4 Å². The highest BCUT2D eigenvalue weighted by Crippen LogP contribution is 2.18. The minimum Gasteiger partial charge on any atom is -0.465 e. The van der Waals surface area contributed by atoms with Crippen molar-refractivity contribution in [2.45, 2.75) is 6.92 Å². The third-order valence-electron chi connectivity index (χ3n) is 1.96. The van der Waals surface area contributed by atoms with Gasteiger partial charge in [0.15, 0.2) is 0 Å². The zero-order valence-electron chi connectivity index (χ0n) is 9.49. The molecule has 17 heavy (non-hydrogen) atoms. The Hall–Kier alpha value is -2.17. The summed E-state index contributed by atoms with van der Waals surface area (Å²) >= 11 is 0. The molecule has 4 nitrogen and oxygen atoms in total. The molecular formula is C12H12FNO3. The van der Waals surface area contributed by atoms with Crippen molar-refractivity contribution >= 4 is 17.6 Å². The molecule has 0 fully saturated rings. The molecule has 0 heterocycles. The van der Waals surface area contributed by atoms with Gasteiger partial charge in [-0.1, -0.05) is 6.08 Å². The number of hydrogen-bond acceptors (Lipinski definition) is 3. The van der Waals surface area contributed by atoms with E-state index in [2.05, 4.69) is 10.1 Å². The van der Waals surface area contributed by atoms with Gasteiger partial charge in [-0.15, -0.1) is 0 Å². The molecule has 90 valence electrons. The number of ether oxygens (including phenoxy) is 1. The topological polar surface area (TPSA) is 55.4 Å². The summed E-state index contributed by atoms with van der Waals surface area (Å²) in [7, 11) is 1.19. The highest BCUT2D eigenvalue weighted by Gasteiger charge is 2.14. The molecule has 1 aromatic carbocycles. The van der Waals surface area contributed by atoms with Gasteiger partial charge in [-0.3, -0.25) is 4.79 Å². The van der Waals surface area contributed by atoms with E-state index >= 15 is 0 Å². The number of carbonyl (C=O) groups is 2. The zero-order chi connectivity index (χ0) is 12.8. The van der Waals surface area contributed by atoms with E-state index < -0.39 is 17.7 Å². The van der Waals surface area contributed by atoms with Crippen LogP contribution in [0.25, 0.3) is 0 Å². The number of rotatable bonds is 3. The van der Waals surface area contributed by atoms with Crippen LogP contribution in [0.2, 0.25) is 0 Å². The van der Waals surface area contributed by atoms with Gasteiger partial charge in [-0.2, -0.15) is 0 Å². The first-order chi connectivity index (χ1) is 8.08. The first kappa shape index (κ1) is 12.9. The van der Waals surface area contributed by atoms with Gasteiger partial charge in [-0.05, 0) is 31.2 Å². The van der Waals surface area contributed by atoms with Gasteiger partial charge in [-0.25, -0.2) is 9.18 Å². The molecule has 0 atom stereocenters. The number of methoxy groups -OCH3 is 1. The number of nitrogens with one attached hydrogen (secondary N) is 1. The third kappa shape index (κ3) is 3.41. The van der Waals surface area contributed by atoms with Crippen molar-refractivity contribution in [2.75, 3.05) is 12.4 Å². The lowest BCUT2D eigenvalue weighted by molar-refractivity contribution is -0.111. The van der Waals surface area contributed by atoms with E-state index in [0.29, 0.717) is 0 Å². The van der Waals surface area contributed by atoms with Crippen LogP contribution in [0, 0.1) is 5.82 Å². The summed E-state index contributed by atoms with van der Waals surface area (Å²) in [6, 6.07) is 3.47. The van der Waals surface area contributed by atoms with Crippen molar-refractivity contribution in [1.29, 1.82) is 0 Å². The number of halogens is 1. The maximum absolute atomic E-state index is 13.0. The Kier molecular flexibility index (Phi) is 4.39. The molecule has 5 heteroatoms. The van der Waals surface area contributed by atoms with Crippen molar-refractivity contribution in [2.24, 2.45) is 0 Å². The lowest BCUT2D eigenvalue weighted by atomic mass is 10.1. The minimum absolute atomic E-state index is 0.0228. The molecule has 0 bridgehead atoms. The number of allylic oxidation sites excluding steroid dienone is 1. The maximum Gasteiger partial charge on any atom is 0.340 e. The third-order valence-corrected chi connectivity index (χ3v) is 1.96. The van der Waals surface area contributed by atoms with Gasteiger partial charge in [0.25, 0.3) is 0 Å². The number of anilines is 1. The molecule has 0 saturated heterocycles. The SMILES string of the molecule is CC=CC(=O)Nc1ccc(F)cc1C(=O)OC. The molecule has 0 aliphatic carbocycles. The van der Waals surface area contributed by atoms with E-state index in [4.69, 9.17) is 0 Å². The van der Waals surface area contributed by atoms with Crippen LogP contribution in [0.5, 0.6) is 0 Å². The van der Waals surface area contributed by atoms with E-state index in [1.165, 1.54) is 19.3 Å². The summed E-state index contributed by atoms with van der Waals surface area (Å²) in [5.41, 5.74) is 0.187. The highest BCUT2D eigenvalue weighted by atomic mass is 19.1. The van der Waals surface area contributed by atoms with Crippen LogP contribution in [0.1, 0.15) is 17.3 Å². The number of carbonyl (C=O) groups excluding carboxylic acids is 2. The zero-order valence-corrected chi connectivity index (χ0v) is 9.49. The second-order valence-electron chi connectivity index (χ2n) is 3.17. The largest absolute Gasteiger partial charge is 0.465 e. The second kappa shape index (κ2) is 5.79. The smallest absolute Gasteiger partial charge is 0.340 e. The summed E-state index contributed by atoms with van der Waals surface area (Å²) < 4.78 is 17.5. The highest BCUT2D eigenvalue weighted by molar-refractivity contribution is 6.04.